The number of carbonyl (C=O) groups is 1. The minimum atomic E-state index is 0.0722. The first kappa shape index (κ1) is 10.7. The molecule has 4 nitrogen and oxygen atoms in total. The number of fused-ring (bicyclic) bond motifs is 1. The molecule has 3 atom stereocenters. The van der Waals surface area contributed by atoms with Crippen LogP contribution < -0.4 is 5.32 Å². The molecule has 2 saturated heterocycles. The third-order valence-electron chi connectivity index (χ3n) is 3.56. The fourth-order valence-corrected chi connectivity index (χ4v) is 2.04. The minimum absolute atomic E-state index is 0.0722. The number of urea groups is 1. The van der Waals surface area contributed by atoms with Crippen molar-refractivity contribution in [2.75, 3.05) is 13.2 Å². The number of nitrogens with one attached hydrogen (secondary N) is 1. The van der Waals surface area contributed by atoms with Gasteiger partial charge in [-0.25, -0.2) is 4.79 Å². The number of likely N-dealkylation sites (tertiary alicyclic amines) is 1. The molecular formula is C11H20N2O2. The van der Waals surface area contributed by atoms with Crippen LogP contribution in [-0.2, 0) is 4.74 Å². The van der Waals surface area contributed by atoms with Crippen molar-refractivity contribution >= 4 is 6.03 Å². The zero-order valence-electron chi connectivity index (χ0n) is 9.69. The summed E-state index contributed by atoms with van der Waals surface area (Å²) in [6.07, 6.45) is 1.30. The molecule has 4 heteroatoms. The van der Waals surface area contributed by atoms with Gasteiger partial charge in [-0.15, -0.1) is 0 Å². The molecule has 0 spiro atoms. The SMILES string of the molecule is CC(C)[C@@H](C)NC(=O)N1C[C@H]2OCC[C@H]21. The average Bonchev–Trinajstić information content (AvgIpc) is 2.47. The van der Waals surface area contributed by atoms with Crippen LogP contribution in [0.25, 0.3) is 0 Å². The lowest BCUT2D eigenvalue weighted by atomic mass is 9.99. The van der Waals surface area contributed by atoms with Gasteiger partial charge in [0.1, 0.15) is 0 Å². The topological polar surface area (TPSA) is 41.6 Å². The van der Waals surface area contributed by atoms with Gasteiger partial charge in [0, 0.05) is 12.6 Å². The van der Waals surface area contributed by atoms with Gasteiger partial charge in [-0.1, -0.05) is 13.8 Å². The van der Waals surface area contributed by atoms with Crippen molar-refractivity contribution in [1.82, 2.24) is 10.2 Å². The van der Waals surface area contributed by atoms with Crippen LogP contribution in [0.2, 0.25) is 0 Å². The average molecular weight is 212 g/mol. The highest BCUT2D eigenvalue weighted by atomic mass is 16.5. The van der Waals surface area contributed by atoms with Crippen molar-refractivity contribution in [2.24, 2.45) is 5.92 Å². The molecule has 2 aliphatic rings. The number of hydrogen-bond donors (Lipinski definition) is 1. The zero-order valence-corrected chi connectivity index (χ0v) is 9.69. The van der Waals surface area contributed by atoms with E-state index in [1.807, 2.05) is 11.8 Å². The summed E-state index contributed by atoms with van der Waals surface area (Å²) in [4.78, 5) is 13.7. The Morgan fingerprint density at radius 1 is 1.47 bits per heavy atom. The van der Waals surface area contributed by atoms with Crippen molar-refractivity contribution in [3.63, 3.8) is 0 Å². The van der Waals surface area contributed by atoms with E-state index >= 15 is 0 Å². The smallest absolute Gasteiger partial charge is 0.318 e. The predicted molar refractivity (Wildman–Crippen MR) is 57.7 cm³/mol. The molecular weight excluding hydrogens is 192 g/mol. The molecule has 0 aromatic carbocycles. The van der Waals surface area contributed by atoms with E-state index in [4.69, 9.17) is 4.74 Å². The van der Waals surface area contributed by atoms with E-state index in [0.29, 0.717) is 18.1 Å². The molecule has 0 saturated carbocycles. The first-order chi connectivity index (χ1) is 7.09. The Bertz CT molecular complexity index is 255. The molecule has 0 unspecified atom stereocenters. The Balaban J connectivity index is 1.82. The maximum Gasteiger partial charge on any atom is 0.318 e. The first-order valence-electron chi connectivity index (χ1n) is 5.78. The molecule has 0 aliphatic carbocycles. The van der Waals surface area contributed by atoms with E-state index in [0.717, 1.165) is 19.6 Å². The van der Waals surface area contributed by atoms with Crippen LogP contribution in [0.5, 0.6) is 0 Å². The Labute approximate surface area is 91.0 Å². The quantitative estimate of drug-likeness (QED) is 0.747. The first-order valence-corrected chi connectivity index (χ1v) is 5.78. The number of carbonyl (C=O) groups excluding carboxylic acids is 1. The number of rotatable bonds is 2. The van der Waals surface area contributed by atoms with Crippen LogP contribution in [0, 0.1) is 5.92 Å². The minimum Gasteiger partial charge on any atom is -0.374 e. The van der Waals surface area contributed by atoms with E-state index in [-0.39, 0.29) is 12.1 Å². The summed E-state index contributed by atoms with van der Waals surface area (Å²) < 4.78 is 5.46. The van der Waals surface area contributed by atoms with Crippen LogP contribution in [0.1, 0.15) is 27.2 Å². The van der Waals surface area contributed by atoms with Crippen molar-refractivity contribution in [2.45, 2.75) is 45.4 Å². The van der Waals surface area contributed by atoms with Crippen molar-refractivity contribution in [1.29, 1.82) is 0 Å². The van der Waals surface area contributed by atoms with E-state index in [1.165, 1.54) is 0 Å². The summed E-state index contributed by atoms with van der Waals surface area (Å²) >= 11 is 0. The molecule has 15 heavy (non-hydrogen) atoms. The number of hydrogen-bond acceptors (Lipinski definition) is 2. The van der Waals surface area contributed by atoms with E-state index in [9.17, 15) is 4.79 Å². The second-order valence-electron chi connectivity index (χ2n) is 4.90. The molecule has 2 heterocycles. The van der Waals surface area contributed by atoms with Gasteiger partial charge in [0.05, 0.1) is 18.7 Å². The second kappa shape index (κ2) is 4.00. The number of ether oxygens (including phenoxy) is 1. The maximum atomic E-state index is 11.8. The largest absolute Gasteiger partial charge is 0.374 e. The summed E-state index contributed by atoms with van der Waals surface area (Å²) in [6, 6.07) is 0.645. The fourth-order valence-electron chi connectivity index (χ4n) is 2.04. The van der Waals surface area contributed by atoms with Crippen LogP contribution in [0.3, 0.4) is 0 Å². The summed E-state index contributed by atoms with van der Waals surface area (Å²) in [5.74, 6) is 0.478. The Kier molecular flexibility index (Phi) is 2.87. The summed E-state index contributed by atoms with van der Waals surface area (Å²) in [7, 11) is 0. The lowest BCUT2D eigenvalue weighted by Crippen LogP contribution is -2.63. The molecule has 0 aromatic heterocycles. The van der Waals surface area contributed by atoms with Gasteiger partial charge in [0.2, 0.25) is 0 Å². The van der Waals surface area contributed by atoms with Crippen molar-refractivity contribution in [3.8, 4) is 0 Å². The maximum absolute atomic E-state index is 11.8. The second-order valence-corrected chi connectivity index (χ2v) is 4.90. The highest BCUT2D eigenvalue weighted by Crippen LogP contribution is 2.29. The van der Waals surface area contributed by atoms with Gasteiger partial charge >= 0.3 is 6.03 Å². The van der Waals surface area contributed by atoms with E-state index in [2.05, 4.69) is 19.2 Å². The monoisotopic (exact) mass is 212 g/mol. The molecule has 2 amide bonds. The van der Waals surface area contributed by atoms with Crippen LogP contribution in [0.15, 0.2) is 0 Å². The van der Waals surface area contributed by atoms with Gasteiger partial charge in [-0.2, -0.15) is 0 Å². The molecule has 0 radical (unpaired) electrons. The van der Waals surface area contributed by atoms with Gasteiger partial charge in [0.25, 0.3) is 0 Å². The third kappa shape index (κ3) is 1.95. The zero-order chi connectivity index (χ0) is 11.0. The number of nitrogens with zero attached hydrogens (tertiary/aromatic N) is 1. The predicted octanol–water partition coefficient (Wildman–Crippen LogP) is 1.21. The van der Waals surface area contributed by atoms with Crippen molar-refractivity contribution < 1.29 is 9.53 Å². The Morgan fingerprint density at radius 3 is 2.80 bits per heavy atom. The normalized spacial score (nSPS) is 31.1. The third-order valence-corrected chi connectivity index (χ3v) is 3.56. The lowest BCUT2D eigenvalue weighted by Gasteiger charge is -2.43. The van der Waals surface area contributed by atoms with Crippen LogP contribution >= 0.6 is 0 Å². The van der Waals surface area contributed by atoms with E-state index < -0.39 is 0 Å². The van der Waals surface area contributed by atoms with Crippen LogP contribution in [0.4, 0.5) is 4.79 Å². The van der Waals surface area contributed by atoms with Gasteiger partial charge < -0.3 is 15.0 Å². The highest BCUT2D eigenvalue weighted by Gasteiger charge is 2.46. The Hall–Kier alpha value is -0.770. The standard InChI is InChI=1S/C11H20N2O2/c1-7(2)8(3)12-11(14)13-6-10-9(13)4-5-15-10/h7-10H,4-6H2,1-3H3,(H,12,14)/t8-,9-,10-/m1/s1. The molecule has 2 rings (SSSR count). The molecule has 2 aliphatic heterocycles. The molecule has 0 aromatic rings. The summed E-state index contributed by atoms with van der Waals surface area (Å²) in [5.41, 5.74) is 0. The van der Waals surface area contributed by atoms with Crippen LogP contribution in [-0.4, -0.2) is 42.3 Å². The molecule has 86 valence electrons. The highest BCUT2D eigenvalue weighted by molar-refractivity contribution is 5.76. The fraction of sp³-hybridized carbons (Fsp3) is 0.909. The molecule has 2 fully saturated rings. The molecule has 1 N–H and O–H groups in total. The van der Waals surface area contributed by atoms with Gasteiger partial charge in [-0.05, 0) is 19.3 Å². The molecule has 0 bridgehead atoms. The van der Waals surface area contributed by atoms with Gasteiger partial charge in [-0.3, -0.25) is 0 Å². The van der Waals surface area contributed by atoms with Crippen molar-refractivity contribution in [3.05, 3.63) is 0 Å². The van der Waals surface area contributed by atoms with Gasteiger partial charge in [0.15, 0.2) is 0 Å². The lowest BCUT2D eigenvalue weighted by molar-refractivity contribution is -0.0156. The van der Waals surface area contributed by atoms with E-state index in [1.54, 1.807) is 0 Å². The summed E-state index contributed by atoms with van der Waals surface area (Å²) in [5, 5.41) is 3.03. The summed E-state index contributed by atoms with van der Waals surface area (Å²) in [6.45, 7) is 7.84. The number of amides is 2. The Morgan fingerprint density at radius 2 is 2.20 bits per heavy atom.